The number of carbonyl (C=O) groups excluding carboxylic acids is 2. The zero-order valence-corrected chi connectivity index (χ0v) is 26.9. The van der Waals surface area contributed by atoms with E-state index in [0.717, 1.165) is 36.3 Å². The average molecular weight is 613 g/mol. The molecule has 0 spiro atoms. The Morgan fingerprint density at radius 3 is 1.64 bits per heavy atom. The minimum atomic E-state index is 0.142. The van der Waals surface area contributed by atoms with Crippen LogP contribution in [0.15, 0.2) is 105 Å². The molecule has 8 nitrogen and oxygen atoms in total. The first-order valence-electron chi connectivity index (χ1n) is 14.0. The third-order valence-corrected chi connectivity index (χ3v) is 5.07. The monoisotopic (exact) mass is 612 g/mol. The van der Waals surface area contributed by atoms with Gasteiger partial charge in [0.15, 0.2) is 0 Å². The minimum absolute atomic E-state index is 0.142. The number of carbonyl (C=O) groups is 2. The minimum Gasteiger partial charge on any atom is -0.494 e. The predicted octanol–water partition coefficient (Wildman–Crippen LogP) is 9.46. The van der Waals surface area contributed by atoms with Crippen LogP contribution in [0.3, 0.4) is 0 Å². The van der Waals surface area contributed by atoms with Gasteiger partial charge in [-0.1, -0.05) is 68.5 Å². The van der Waals surface area contributed by atoms with Crippen molar-refractivity contribution in [3.8, 4) is 33.8 Å². The number of hydrogen-bond donors (Lipinski definition) is 3. The molecule has 8 heteroatoms. The summed E-state index contributed by atoms with van der Waals surface area (Å²) in [4.78, 5) is 20.0. The zero-order chi connectivity index (χ0) is 34.6. The van der Waals surface area contributed by atoms with Gasteiger partial charge in [0, 0.05) is 0 Å². The number of allylic oxidation sites excluding steroid dienone is 2. The van der Waals surface area contributed by atoms with Crippen LogP contribution in [0.4, 0.5) is 0 Å². The van der Waals surface area contributed by atoms with Crippen LogP contribution in [0, 0.1) is 0 Å². The molecule has 0 aromatic heterocycles. The Labute approximate surface area is 264 Å². The smallest absolute Gasteiger partial charge is 0.119 e. The fourth-order valence-electron chi connectivity index (χ4n) is 3.54. The molecule has 0 unspecified atom stereocenters. The van der Waals surface area contributed by atoms with E-state index in [9.17, 15) is 0 Å². The summed E-state index contributed by atoms with van der Waals surface area (Å²) in [5, 5.41) is 20.4. The lowest BCUT2D eigenvalue weighted by Gasteiger charge is -2.14. The molecule has 0 aliphatic carbocycles. The molecular formula is C36H52O8. The summed E-state index contributed by atoms with van der Waals surface area (Å²) in [6, 6.07) is 22.9. The van der Waals surface area contributed by atoms with Crippen LogP contribution in [-0.4, -0.2) is 49.2 Å². The van der Waals surface area contributed by atoms with Gasteiger partial charge in [-0.3, -0.25) is 15.8 Å². The van der Waals surface area contributed by atoms with Crippen molar-refractivity contribution in [2.75, 3.05) is 19.8 Å². The molecule has 0 atom stereocenters. The van der Waals surface area contributed by atoms with E-state index in [4.69, 9.17) is 34.8 Å². The number of hydrogen-bond acceptors (Lipinski definition) is 8. The van der Waals surface area contributed by atoms with E-state index in [-0.39, 0.29) is 6.61 Å². The van der Waals surface area contributed by atoms with Gasteiger partial charge in [0.1, 0.15) is 38.3 Å². The first-order valence-corrected chi connectivity index (χ1v) is 14.0. The van der Waals surface area contributed by atoms with Crippen molar-refractivity contribution in [1.29, 1.82) is 0 Å². The highest BCUT2D eigenvalue weighted by atomic mass is 17.1. The Bertz CT molecular complexity index is 1050. The molecule has 0 saturated carbocycles. The van der Waals surface area contributed by atoms with Crippen LogP contribution in [0.1, 0.15) is 46.1 Å². The summed E-state index contributed by atoms with van der Waals surface area (Å²) < 4.78 is 11.1. The van der Waals surface area contributed by atoms with Gasteiger partial charge in [0.2, 0.25) is 0 Å². The van der Waals surface area contributed by atoms with Crippen LogP contribution in [0.5, 0.6) is 11.5 Å². The molecule has 0 fully saturated rings. The standard InChI is InChI=1S/C27H30O4.C3H6.C2H6.C2H4.2CH2O.H2O2/c1-3-5-6-7-24-20-23(21-8-13-26(14-9-21)30-18-19-31-28)12-17-27(24)22-10-15-25(16-11-22)29-4-2;1-3-2;5*1-2/h3,8-17,20,28H,1,4-7,18-19H2,2H3;3H,1H2,2H3;1-2H3;1-2H2;2*1H2;1-2H. The van der Waals surface area contributed by atoms with Crippen LogP contribution in [0.2, 0.25) is 0 Å². The molecule has 44 heavy (non-hydrogen) atoms. The van der Waals surface area contributed by atoms with E-state index in [0.29, 0.717) is 13.2 Å². The molecule has 0 bridgehead atoms. The predicted molar refractivity (Wildman–Crippen MR) is 184 cm³/mol. The van der Waals surface area contributed by atoms with E-state index >= 15 is 0 Å². The van der Waals surface area contributed by atoms with Gasteiger partial charge in [-0.2, -0.15) is 0 Å². The lowest BCUT2D eigenvalue weighted by atomic mass is 9.92. The van der Waals surface area contributed by atoms with Gasteiger partial charge in [-0.15, -0.1) is 26.3 Å². The van der Waals surface area contributed by atoms with Crippen LogP contribution in [-0.2, 0) is 20.9 Å². The first kappa shape index (κ1) is 46.6. The van der Waals surface area contributed by atoms with Crippen LogP contribution >= 0.6 is 0 Å². The maximum atomic E-state index is 8.39. The third-order valence-electron chi connectivity index (χ3n) is 5.07. The zero-order valence-electron chi connectivity index (χ0n) is 26.9. The quantitative estimate of drug-likeness (QED) is 0.0800. The highest BCUT2D eigenvalue weighted by Crippen LogP contribution is 2.32. The van der Waals surface area contributed by atoms with Crippen molar-refractivity contribution >= 4 is 13.6 Å². The Morgan fingerprint density at radius 2 is 1.18 bits per heavy atom. The molecule has 3 aromatic rings. The van der Waals surface area contributed by atoms with Crippen LogP contribution < -0.4 is 9.47 Å². The fourth-order valence-corrected chi connectivity index (χ4v) is 3.54. The number of aryl methyl sites for hydroxylation is 1. The van der Waals surface area contributed by atoms with Crippen molar-refractivity contribution in [3.63, 3.8) is 0 Å². The normalized spacial score (nSPS) is 8.34. The molecule has 0 amide bonds. The number of unbranched alkanes of at least 4 members (excludes halogenated alkanes) is 1. The molecular weight excluding hydrogens is 560 g/mol. The summed E-state index contributed by atoms with van der Waals surface area (Å²) in [6.07, 6.45) is 6.78. The SMILES string of the molecule is C=C.C=CC.C=CCCCc1cc(-c2ccc(OCCOO)cc2)ccc1-c1ccc(OCC)cc1.C=O.C=O.CC.OO. The summed E-state index contributed by atoms with van der Waals surface area (Å²) in [7, 11) is 0. The Morgan fingerprint density at radius 1 is 0.727 bits per heavy atom. The van der Waals surface area contributed by atoms with Gasteiger partial charge >= 0.3 is 0 Å². The van der Waals surface area contributed by atoms with E-state index < -0.39 is 0 Å². The van der Waals surface area contributed by atoms with Crippen molar-refractivity contribution in [2.45, 2.75) is 47.0 Å². The maximum Gasteiger partial charge on any atom is 0.119 e. The Balaban J connectivity index is -0.000000541. The summed E-state index contributed by atoms with van der Waals surface area (Å²) in [5.41, 5.74) is 6.07. The Kier molecular flexibility index (Phi) is 38.9. The average Bonchev–Trinajstić information content (AvgIpc) is 3.11. The van der Waals surface area contributed by atoms with Gasteiger partial charge < -0.3 is 19.1 Å². The maximum absolute atomic E-state index is 8.39. The van der Waals surface area contributed by atoms with Gasteiger partial charge in [-0.05, 0) is 85.2 Å². The van der Waals surface area contributed by atoms with Crippen molar-refractivity contribution < 1.29 is 39.7 Å². The first-order chi connectivity index (χ1) is 21.7. The van der Waals surface area contributed by atoms with Gasteiger partial charge in [0.25, 0.3) is 0 Å². The van der Waals surface area contributed by atoms with Crippen LogP contribution in [0.25, 0.3) is 22.3 Å². The highest BCUT2D eigenvalue weighted by molar-refractivity contribution is 5.74. The molecule has 3 N–H and O–H groups in total. The molecule has 244 valence electrons. The second kappa shape index (κ2) is 36.7. The molecule has 3 rings (SSSR count). The van der Waals surface area contributed by atoms with E-state index in [1.807, 2.05) is 71.6 Å². The van der Waals surface area contributed by atoms with Crippen molar-refractivity contribution in [3.05, 3.63) is 111 Å². The number of ether oxygens (including phenoxy) is 2. The van der Waals surface area contributed by atoms with Gasteiger partial charge in [0.05, 0.1) is 6.61 Å². The van der Waals surface area contributed by atoms with E-state index in [1.54, 1.807) is 6.08 Å². The third kappa shape index (κ3) is 20.5. The van der Waals surface area contributed by atoms with Gasteiger partial charge in [-0.25, -0.2) is 4.89 Å². The second-order valence-corrected chi connectivity index (χ2v) is 7.62. The highest BCUT2D eigenvalue weighted by Gasteiger charge is 2.09. The lowest BCUT2D eigenvalue weighted by Crippen LogP contribution is -2.04. The topological polar surface area (TPSA) is 123 Å². The lowest BCUT2D eigenvalue weighted by molar-refractivity contribution is -0.245. The number of benzene rings is 3. The molecule has 3 aromatic carbocycles. The molecule has 0 heterocycles. The van der Waals surface area contributed by atoms with Crippen molar-refractivity contribution in [1.82, 2.24) is 0 Å². The molecule has 0 aliphatic heterocycles. The second-order valence-electron chi connectivity index (χ2n) is 7.62. The van der Waals surface area contributed by atoms with E-state index in [1.165, 1.54) is 22.3 Å². The van der Waals surface area contributed by atoms with Crippen molar-refractivity contribution in [2.24, 2.45) is 0 Å². The largest absolute Gasteiger partial charge is 0.494 e. The number of rotatable bonds is 12. The Hall–Kier alpha value is -4.34. The summed E-state index contributed by atoms with van der Waals surface area (Å²) in [6.45, 7) is 26.2. The molecule has 0 aliphatic rings. The fraction of sp³-hybridized carbons (Fsp3) is 0.278. The molecule has 0 radical (unpaired) electrons. The molecule has 0 saturated heterocycles. The van der Waals surface area contributed by atoms with E-state index in [2.05, 4.69) is 73.7 Å². The summed E-state index contributed by atoms with van der Waals surface area (Å²) >= 11 is 0. The summed E-state index contributed by atoms with van der Waals surface area (Å²) in [5.74, 6) is 1.64.